The van der Waals surface area contributed by atoms with Crippen molar-refractivity contribution in [2.45, 2.75) is 18.9 Å². The van der Waals surface area contributed by atoms with Crippen molar-refractivity contribution in [3.63, 3.8) is 0 Å². The molecule has 32 heavy (non-hydrogen) atoms. The molecule has 5 heteroatoms. The van der Waals surface area contributed by atoms with E-state index in [0.29, 0.717) is 13.2 Å². The first kappa shape index (κ1) is 20.3. The molecular formula is C27H26N2O3. The molecule has 5 rings (SSSR count). The highest BCUT2D eigenvalue weighted by atomic mass is 16.5. The van der Waals surface area contributed by atoms with Crippen molar-refractivity contribution in [2.24, 2.45) is 5.41 Å². The van der Waals surface area contributed by atoms with Gasteiger partial charge in [-0.3, -0.25) is 9.59 Å². The standard InChI is InChI=1S/C27H26N2O3/c1-28(17-20-10-4-2-5-11-20)25(30)18-29-24-15-9-8-14-22(24)23-16-27(23,26(29)31)19-32-21-12-6-3-7-13-21/h2-15,23H,16-19H2,1H3/t23-,27+/m0/s1. The molecular weight excluding hydrogens is 400 g/mol. The van der Waals surface area contributed by atoms with Gasteiger partial charge in [0.15, 0.2) is 0 Å². The summed E-state index contributed by atoms with van der Waals surface area (Å²) < 4.78 is 6.01. The lowest BCUT2D eigenvalue weighted by Gasteiger charge is -2.34. The van der Waals surface area contributed by atoms with E-state index >= 15 is 0 Å². The van der Waals surface area contributed by atoms with Gasteiger partial charge in [-0.1, -0.05) is 66.7 Å². The maximum atomic E-state index is 13.7. The summed E-state index contributed by atoms with van der Waals surface area (Å²) in [4.78, 5) is 30.1. The normalized spacial score (nSPS) is 20.8. The van der Waals surface area contributed by atoms with Gasteiger partial charge in [0, 0.05) is 25.2 Å². The maximum absolute atomic E-state index is 13.7. The minimum atomic E-state index is -0.595. The molecule has 0 spiro atoms. The SMILES string of the molecule is CN(Cc1ccccc1)C(=O)CN1C(=O)[C@@]2(COc3ccccc3)C[C@H]2c2ccccc21. The molecule has 0 saturated heterocycles. The first-order valence-corrected chi connectivity index (χ1v) is 11.0. The smallest absolute Gasteiger partial charge is 0.242 e. The largest absolute Gasteiger partial charge is 0.492 e. The van der Waals surface area contributed by atoms with Crippen LogP contribution in [0.5, 0.6) is 5.75 Å². The Morgan fingerprint density at radius 1 is 1.00 bits per heavy atom. The lowest BCUT2D eigenvalue weighted by atomic mass is 9.92. The molecule has 0 bridgehead atoms. The summed E-state index contributed by atoms with van der Waals surface area (Å²) in [7, 11) is 1.78. The fourth-order valence-electron chi connectivity index (χ4n) is 4.66. The highest BCUT2D eigenvalue weighted by Crippen LogP contribution is 2.65. The summed E-state index contributed by atoms with van der Waals surface area (Å²) in [6.07, 6.45) is 0.750. The highest BCUT2D eigenvalue weighted by Gasteiger charge is 2.66. The number of carbonyl (C=O) groups is 2. The van der Waals surface area contributed by atoms with E-state index in [4.69, 9.17) is 4.74 Å². The van der Waals surface area contributed by atoms with E-state index in [1.54, 1.807) is 16.8 Å². The lowest BCUT2D eigenvalue weighted by Crippen LogP contribution is -2.48. The summed E-state index contributed by atoms with van der Waals surface area (Å²) in [6, 6.07) is 27.4. The molecule has 3 aromatic carbocycles. The van der Waals surface area contributed by atoms with Gasteiger partial charge in [0.05, 0.1) is 5.41 Å². The number of fused-ring (bicyclic) bond motifs is 3. The third kappa shape index (κ3) is 3.64. The zero-order valence-corrected chi connectivity index (χ0v) is 18.1. The number of likely N-dealkylation sites (N-methyl/N-ethyl adjacent to an activating group) is 1. The van der Waals surface area contributed by atoms with Gasteiger partial charge < -0.3 is 14.5 Å². The van der Waals surface area contributed by atoms with Crippen LogP contribution in [-0.2, 0) is 16.1 Å². The van der Waals surface area contributed by atoms with E-state index < -0.39 is 5.41 Å². The van der Waals surface area contributed by atoms with Gasteiger partial charge >= 0.3 is 0 Å². The quantitative estimate of drug-likeness (QED) is 0.568. The van der Waals surface area contributed by atoms with Crippen molar-refractivity contribution in [2.75, 3.05) is 25.1 Å². The molecule has 5 nitrogen and oxygen atoms in total. The zero-order chi connectivity index (χ0) is 22.1. The van der Waals surface area contributed by atoms with E-state index in [0.717, 1.165) is 29.0 Å². The third-order valence-electron chi connectivity index (χ3n) is 6.57. The van der Waals surface area contributed by atoms with E-state index in [-0.39, 0.29) is 24.3 Å². The Balaban J connectivity index is 1.36. The lowest BCUT2D eigenvalue weighted by molar-refractivity contribution is -0.132. The van der Waals surface area contributed by atoms with Crippen LogP contribution in [0.3, 0.4) is 0 Å². The van der Waals surface area contributed by atoms with E-state index in [1.807, 2.05) is 78.9 Å². The Bertz CT molecular complexity index is 1130. The van der Waals surface area contributed by atoms with Crippen LogP contribution >= 0.6 is 0 Å². The van der Waals surface area contributed by atoms with E-state index in [2.05, 4.69) is 6.07 Å². The second-order valence-corrected chi connectivity index (χ2v) is 8.70. The van der Waals surface area contributed by atoms with Gasteiger partial charge in [0.1, 0.15) is 18.9 Å². The Labute approximate surface area is 188 Å². The van der Waals surface area contributed by atoms with Crippen LogP contribution in [0.25, 0.3) is 0 Å². The molecule has 0 aromatic heterocycles. The monoisotopic (exact) mass is 426 g/mol. The highest BCUT2D eigenvalue weighted by molar-refractivity contribution is 6.07. The first-order chi connectivity index (χ1) is 15.6. The minimum absolute atomic E-state index is 0.0152. The second-order valence-electron chi connectivity index (χ2n) is 8.70. The molecule has 3 aromatic rings. The van der Waals surface area contributed by atoms with Crippen molar-refractivity contribution < 1.29 is 14.3 Å². The van der Waals surface area contributed by atoms with Gasteiger partial charge in [-0.2, -0.15) is 0 Å². The molecule has 162 valence electrons. The van der Waals surface area contributed by atoms with Gasteiger partial charge in [-0.15, -0.1) is 0 Å². The van der Waals surface area contributed by atoms with E-state index in [9.17, 15) is 9.59 Å². The number of benzene rings is 3. The molecule has 2 aliphatic rings. The third-order valence-corrected chi connectivity index (χ3v) is 6.57. The fraction of sp³-hybridized carbons (Fsp3) is 0.259. The van der Waals surface area contributed by atoms with Crippen molar-refractivity contribution >= 4 is 17.5 Å². The van der Waals surface area contributed by atoms with Crippen LogP contribution in [0, 0.1) is 5.41 Å². The average Bonchev–Trinajstić information content (AvgIpc) is 3.58. The summed E-state index contributed by atoms with van der Waals surface area (Å²) >= 11 is 0. The Morgan fingerprint density at radius 3 is 2.41 bits per heavy atom. The van der Waals surface area contributed by atoms with Crippen LogP contribution in [0.15, 0.2) is 84.9 Å². The molecule has 0 radical (unpaired) electrons. The van der Waals surface area contributed by atoms with Crippen LogP contribution in [0.2, 0.25) is 0 Å². The number of anilines is 1. The van der Waals surface area contributed by atoms with Crippen molar-refractivity contribution in [3.8, 4) is 5.75 Å². The molecule has 1 fully saturated rings. The molecule has 2 amide bonds. The molecule has 2 atom stereocenters. The predicted octanol–water partition coefficient (Wildman–Crippen LogP) is 4.24. The maximum Gasteiger partial charge on any atom is 0.242 e. The first-order valence-electron chi connectivity index (χ1n) is 11.0. The number of para-hydroxylation sites is 2. The molecule has 0 N–H and O–H groups in total. The van der Waals surface area contributed by atoms with Crippen molar-refractivity contribution in [3.05, 3.63) is 96.1 Å². The van der Waals surface area contributed by atoms with Gasteiger partial charge in [-0.05, 0) is 35.7 Å². The van der Waals surface area contributed by atoms with Gasteiger partial charge in [-0.25, -0.2) is 0 Å². The Morgan fingerprint density at radius 2 is 1.66 bits per heavy atom. The molecule has 1 aliphatic heterocycles. The van der Waals surface area contributed by atoms with Crippen LogP contribution in [0.1, 0.15) is 23.5 Å². The van der Waals surface area contributed by atoms with E-state index in [1.165, 1.54) is 0 Å². The van der Waals surface area contributed by atoms with Crippen LogP contribution in [-0.4, -0.2) is 36.9 Å². The summed E-state index contributed by atoms with van der Waals surface area (Å²) in [5, 5.41) is 0. The summed E-state index contributed by atoms with van der Waals surface area (Å²) in [6.45, 7) is 0.854. The molecule has 1 heterocycles. The number of carbonyl (C=O) groups excluding carboxylic acids is 2. The number of hydrogen-bond acceptors (Lipinski definition) is 3. The summed E-state index contributed by atoms with van der Waals surface area (Å²) in [5.41, 5.74) is 2.44. The number of rotatable bonds is 7. The van der Waals surface area contributed by atoms with Gasteiger partial charge in [0.25, 0.3) is 0 Å². The average molecular weight is 427 g/mol. The zero-order valence-electron chi connectivity index (χ0n) is 18.1. The van der Waals surface area contributed by atoms with Crippen LogP contribution in [0.4, 0.5) is 5.69 Å². The minimum Gasteiger partial charge on any atom is -0.492 e. The number of ether oxygens (including phenoxy) is 1. The van der Waals surface area contributed by atoms with Crippen molar-refractivity contribution in [1.29, 1.82) is 0 Å². The molecule has 1 aliphatic carbocycles. The molecule has 0 unspecified atom stereocenters. The Hall–Kier alpha value is -3.60. The fourth-order valence-corrected chi connectivity index (χ4v) is 4.66. The number of hydrogen-bond donors (Lipinski definition) is 0. The Kier molecular flexibility index (Phi) is 5.17. The second kappa shape index (κ2) is 8.15. The van der Waals surface area contributed by atoms with Crippen molar-refractivity contribution in [1.82, 2.24) is 4.90 Å². The van der Waals surface area contributed by atoms with Crippen LogP contribution < -0.4 is 9.64 Å². The predicted molar refractivity (Wildman–Crippen MR) is 123 cm³/mol. The number of nitrogens with zero attached hydrogens (tertiary/aromatic N) is 2. The number of amides is 2. The topological polar surface area (TPSA) is 49.9 Å². The summed E-state index contributed by atoms with van der Waals surface area (Å²) in [5.74, 6) is 0.793. The molecule has 1 saturated carbocycles. The van der Waals surface area contributed by atoms with Gasteiger partial charge in [0.2, 0.25) is 11.8 Å².